The zero-order valence-electron chi connectivity index (χ0n) is 25.2. The highest BCUT2D eigenvalue weighted by Gasteiger charge is 2.34. The number of ether oxygens (including phenoxy) is 5. The maximum absolute atomic E-state index is 13.6. The highest BCUT2D eigenvalue weighted by atomic mass is 35.5. The Balaban J connectivity index is 1.42. The van der Waals surface area contributed by atoms with Crippen LogP contribution in [0, 0.1) is 17.8 Å². The van der Waals surface area contributed by atoms with Gasteiger partial charge in [0, 0.05) is 12.1 Å². The van der Waals surface area contributed by atoms with Crippen LogP contribution in [0.2, 0.25) is 10.6 Å². The van der Waals surface area contributed by atoms with Crippen LogP contribution in [-0.4, -0.2) is 47.8 Å². The first kappa shape index (κ1) is 31.4. The molecule has 1 aliphatic heterocycles. The number of rotatable bonds is 4. The van der Waals surface area contributed by atoms with E-state index >= 15 is 0 Å². The van der Waals surface area contributed by atoms with Crippen molar-refractivity contribution in [2.24, 2.45) is 17.8 Å². The predicted octanol–water partition coefficient (Wildman–Crippen LogP) is 7.67. The van der Waals surface area contributed by atoms with Crippen molar-refractivity contribution in [1.29, 1.82) is 0 Å². The monoisotopic (exact) mass is 666 g/mol. The molecule has 1 saturated carbocycles. The average Bonchev–Trinajstić information content (AvgIpc) is 2.96. The third-order valence-electron chi connectivity index (χ3n) is 7.63. The Hall–Kier alpha value is -4.62. The lowest BCUT2D eigenvalue weighted by Crippen LogP contribution is -2.35. The van der Waals surface area contributed by atoms with Crippen molar-refractivity contribution in [2.45, 2.75) is 53.1 Å². The van der Waals surface area contributed by atoms with Gasteiger partial charge in [0.05, 0.1) is 11.1 Å². The Morgan fingerprint density at radius 1 is 0.783 bits per heavy atom. The number of nitrogens with zero attached hydrogens (tertiary/aromatic N) is 6. The number of hydrogen-bond acceptors (Lipinski definition) is 13. The molecule has 3 atom stereocenters. The quantitative estimate of drug-likeness (QED) is 0.136. The lowest BCUT2D eigenvalue weighted by molar-refractivity contribution is -0.0174. The fraction of sp³-hybridized carbons (Fsp3) is 0.355. The van der Waals surface area contributed by atoms with E-state index in [1.54, 1.807) is 0 Å². The highest BCUT2D eigenvalue weighted by Crippen LogP contribution is 2.37. The molecule has 0 amide bonds. The molecule has 2 aromatic heterocycles. The molecule has 4 aromatic rings. The Morgan fingerprint density at radius 2 is 1.35 bits per heavy atom. The van der Waals surface area contributed by atoms with Crippen molar-refractivity contribution < 1.29 is 33.3 Å². The van der Waals surface area contributed by atoms with Crippen LogP contribution in [0.4, 0.5) is 0 Å². The van der Waals surface area contributed by atoms with E-state index in [1.807, 2.05) is 0 Å². The topological polar surface area (TPSA) is 158 Å². The SMILES string of the molecule is CC(=O)c1ccc2cc1Oc1nc(Cl)nc(n1)Oc1cc(cc(C(=O)O[C@@H]3C[C@H](C)CC[C@H]3C(C)C)c1)Oc1nc(Cl)nc(n1)O2. The fourth-order valence-corrected chi connectivity index (χ4v) is 5.72. The standard InChI is InChI=1S/C31H28Cl2N6O7/c1-14(2)21-7-5-15(3)9-23(21)45-25(41)17-10-19-12-20(11-17)44-30-36-27(33)37-31(39-30)46-24-13-18(6-8-22(24)16(4)40)42-28-34-26(32)35-29(38-28)43-19/h6,8,10-15,21,23H,5,7,9H2,1-4H3/t15-,21+,23-/m1/s1. The zero-order chi connectivity index (χ0) is 32.5. The second-order valence-electron chi connectivity index (χ2n) is 11.4. The van der Waals surface area contributed by atoms with Crippen LogP contribution in [0.3, 0.4) is 0 Å². The lowest BCUT2D eigenvalue weighted by atomic mass is 9.75. The third kappa shape index (κ3) is 7.26. The van der Waals surface area contributed by atoms with Gasteiger partial charge in [-0.1, -0.05) is 27.2 Å². The number of Topliss-reactive ketones (excluding diaryl/α,β-unsaturated/α-hetero) is 1. The summed E-state index contributed by atoms with van der Waals surface area (Å²) in [5.41, 5.74) is 0.330. The van der Waals surface area contributed by atoms with E-state index in [-0.39, 0.29) is 86.5 Å². The molecule has 0 saturated heterocycles. The Morgan fingerprint density at radius 3 is 1.91 bits per heavy atom. The largest absolute Gasteiger partial charge is 0.458 e. The number of esters is 1. The van der Waals surface area contributed by atoms with Gasteiger partial charge in [0.2, 0.25) is 10.6 Å². The van der Waals surface area contributed by atoms with Crippen molar-refractivity contribution in [3.05, 3.63) is 58.1 Å². The van der Waals surface area contributed by atoms with E-state index in [1.165, 1.54) is 43.3 Å². The number of hydrogen-bond donors (Lipinski definition) is 0. The van der Waals surface area contributed by atoms with E-state index < -0.39 is 5.97 Å². The number of ketones is 1. The molecule has 238 valence electrons. The molecule has 0 N–H and O–H groups in total. The van der Waals surface area contributed by atoms with Gasteiger partial charge < -0.3 is 23.7 Å². The summed E-state index contributed by atoms with van der Waals surface area (Å²) in [4.78, 5) is 50.4. The van der Waals surface area contributed by atoms with Crippen molar-refractivity contribution in [3.8, 4) is 47.0 Å². The molecule has 15 heteroatoms. The molecule has 8 bridgehead atoms. The van der Waals surface area contributed by atoms with Crippen molar-refractivity contribution >= 4 is 35.0 Å². The first-order chi connectivity index (χ1) is 22.0. The van der Waals surface area contributed by atoms with E-state index in [4.69, 9.17) is 46.9 Å². The third-order valence-corrected chi connectivity index (χ3v) is 7.97. The number of benzene rings is 2. The minimum absolute atomic E-state index is 0.0469. The normalized spacial score (nSPS) is 18.8. The molecule has 46 heavy (non-hydrogen) atoms. The van der Waals surface area contributed by atoms with Crippen LogP contribution in [0.1, 0.15) is 67.7 Å². The summed E-state index contributed by atoms with van der Waals surface area (Å²) in [5.74, 6) is 0.548. The maximum atomic E-state index is 13.6. The minimum atomic E-state index is -0.569. The second-order valence-corrected chi connectivity index (χ2v) is 12.1. The molecule has 6 rings (SSSR count). The molecule has 1 aliphatic carbocycles. The van der Waals surface area contributed by atoms with Gasteiger partial charge in [0.15, 0.2) is 5.78 Å². The van der Waals surface area contributed by atoms with Gasteiger partial charge in [0.25, 0.3) is 0 Å². The van der Waals surface area contributed by atoms with Gasteiger partial charge in [0.1, 0.15) is 29.1 Å². The zero-order valence-corrected chi connectivity index (χ0v) is 26.7. The molecule has 13 nitrogen and oxygen atoms in total. The van der Waals surface area contributed by atoms with Gasteiger partial charge in [-0.3, -0.25) is 4.79 Å². The molecule has 2 aliphatic rings. The van der Waals surface area contributed by atoms with Crippen LogP contribution >= 0.6 is 23.2 Å². The number of fused-ring (bicyclic) bond motifs is 8. The summed E-state index contributed by atoms with van der Waals surface area (Å²) >= 11 is 12.3. The molecular weight excluding hydrogens is 639 g/mol. The predicted molar refractivity (Wildman–Crippen MR) is 163 cm³/mol. The average molecular weight is 668 g/mol. The molecule has 3 heterocycles. The van der Waals surface area contributed by atoms with E-state index in [0.717, 1.165) is 19.3 Å². The van der Waals surface area contributed by atoms with E-state index in [0.29, 0.717) is 11.8 Å². The number of carbonyl (C=O) groups is 2. The van der Waals surface area contributed by atoms with Crippen LogP contribution in [0.25, 0.3) is 0 Å². The van der Waals surface area contributed by atoms with Crippen molar-refractivity contribution in [3.63, 3.8) is 0 Å². The van der Waals surface area contributed by atoms with Gasteiger partial charge >= 0.3 is 30.0 Å². The Kier molecular flexibility index (Phi) is 8.87. The van der Waals surface area contributed by atoms with Gasteiger partial charge in [-0.25, -0.2) is 4.79 Å². The Labute approximate surface area is 273 Å². The molecule has 0 spiro atoms. The summed E-state index contributed by atoms with van der Waals surface area (Å²) in [6.45, 7) is 7.79. The summed E-state index contributed by atoms with van der Waals surface area (Å²) in [5, 5.41) is -0.475. The first-order valence-corrected chi connectivity index (χ1v) is 15.3. The van der Waals surface area contributed by atoms with Gasteiger partial charge in [-0.15, -0.1) is 9.97 Å². The minimum Gasteiger partial charge on any atom is -0.458 e. The van der Waals surface area contributed by atoms with Crippen molar-refractivity contribution in [2.75, 3.05) is 0 Å². The molecule has 0 radical (unpaired) electrons. The van der Waals surface area contributed by atoms with E-state index in [9.17, 15) is 9.59 Å². The molecule has 0 unspecified atom stereocenters. The summed E-state index contributed by atoms with van der Waals surface area (Å²) in [7, 11) is 0. The number of aromatic nitrogens is 6. The smallest absolute Gasteiger partial charge is 0.338 e. The number of halogens is 2. The van der Waals surface area contributed by atoms with E-state index in [2.05, 4.69) is 50.7 Å². The molecular formula is C31H28Cl2N6O7. The second kappa shape index (κ2) is 13.0. The summed E-state index contributed by atoms with van der Waals surface area (Å²) in [6, 6.07) is 7.80. The molecule has 1 fully saturated rings. The molecule has 2 aromatic carbocycles. The van der Waals surface area contributed by atoms with Crippen molar-refractivity contribution in [1.82, 2.24) is 29.9 Å². The highest BCUT2D eigenvalue weighted by molar-refractivity contribution is 6.28. The van der Waals surface area contributed by atoms with Crippen LogP contribution in [0.15, 0.2) is 36.4 Å². The first-order valence-electron chi connectivity index (χ1n) is 14.5. The van der Waals surface area contributed by atoms with Crippen LogP contribution in [-0.2, 0) is 4.74 Å². The van der Waals surface area contributed by atoms with Gasteiger partial charge in [-0.05, 0) is 85.0 Å². The lowest BCUT2D eigenvalue weighted by Gasteiger charge is -2.36. The maximum Gasteiger partial charge on any atom is 0.338 e. The summed E-state index contributed by atoms with van der Waals surface area (Å²) < 4.78 is 29.6. The Bertz CT molecular complexity index is 1820. The fourth-order valence-electron chi connectivity index (χ4n) is 5.43. The van der Waals surface area contributed by atoms with Crippen LogP contribution < -0.4 is 18.9 Å². The number of carbonyl (C=O) groups excluding carboxylic acids is 2. The van der Waals surface area contributed by atoms with Crippen LogP contribution in [0.5, 0.6) is 47.0 Å². The van der Waals surface area contributed by atoms with Gasteiger partial charge in [-0.2, -0.15) is 19.9 Å². The summed E-state index contributed by atoms with van der Waals surface area (Å²) in [6.07, 6.45) is 2.57.